The smallest absolute Gasteiger partial charge is 0.164 e. The standard InChI is InChI=1S/C5H9IN2/c1-3-4-8-5-6-7-2/h3-5,7H,1H2,2H3/p+1. The van der Waals surface area contributed by atoms with Crippen molar-refractivity contribution in [3.63, 3.8) is 0 Å². The molecule has 0 saturated carbocycles. The highest BCUT2D eigenvalue weighted by molar-refractivity contribution is 14.1. The number of nitrogens with zero attached hydrogens (tertiary/aromatic N) is 1. The van der Waals surface area contributed by atoms with E-state index >= 15 is 0 Å². The van der Waals surface area contributed by atoms with Gasteiger partial charge >= 0.3 is 0 Å². The van der Waals surface area contributed by atoms with Gasteiger partial charge in [-0.25, -0.2) is 0 Å². The lowest BCUT2D eigenvalue weighted by atomic mass is 10.7. The summed E-state index contributed by atoms with van der Waals surface area (Å²) in [5.74, 6) is 0. The number of allylic oxidation sites excluding steroid dienone is 1. The molecule has 0 saturated heterocycles. The van der Waals surface area contributed by atoms with Gasteiger partial charge in [0.25, 0.3) is 0 Å². The molecular weight excluding hydrogens is 215 g/mol. The molecule has 0 rings (SSSR count). The number of hydrogen-bond acceptors (Lipinski definition) is 1. The van der Waals surface area contributed by atoms with Crippen molar-refractivity contribution in [1.29, 1.82) is 0 Å². The van der Waals surface area contributed by atoms with Gasteiger partial charge in [-0.15, -0.1) is 0 Å². The SMILES string of the molecule is C=CC=NC=I[NH2+]C. The molecule has 0 unspecified atom stereocenters. The third-order valence-corrected chi connectivity index (χ3v) is 1.79. The van der Waals surface area contributed by atoms with Gasteiger partial charge in [-0.05, 0) is 0 Å². The Morgan fingerprint density at radius 2 is 2.50 bits per heavy atom. The lowest BCUT2D eigenvalue weighted by molar-refractivity contribution is -0.388. The van der Waals surface area contributed by atoms with E-state index < -0.39 is 0 Å². The number of halogens is 1. The molecule has 0 bridgehead atoms. The highest BCUT2D eigenvalue weighted by Crippen LogP contribution is 1.69. The quantitative estimate of drug-likeness (QED) is 0.400. The van der Waals surface area contributed by atoms with Crippen LogP contribution in [0.4, 0.5) is 0 Å². The number of rotatable bonds is 3. The summed E-state index contributed by atoms with van der Waals surface area (Å²) in [6.07, 6.45) is 3.37. The van der Waals surface area contributed by atoms with E-state index in [2.05, 4.69) is 15.1 Å². The van der Waals surface area contributed by atoms with E-state index in [4.69, 9.17) is 0 Å². The number of nitrogens with two attached hydrogens (primary N) is 1. The van der Waals surface area contributed by atoms with Crippen molar-refractivity contribution in [1.82, 2.24) is 0 Å². The molecule has 0 aliphatic heterocycles. The van der Waals surface area contributed by atoms with Crippen molar-refractivity contribution in [3.05, 3.63) is 12.7 Å². The van der Waals surface area contributed by atoms with Gasteiger partial charge in [0, 0.05) is 6.21 Å². The zero-order valence-electron chi connectivity index (χ0n) is 4.84. The largest absolute Gasteiger partial charge is 0.300 e. The molecule has 0 aromatic rings. The molecule has 0 heterocycles. The van der Waals surface area contributed by atoms with Crippen LogP contribution in [0.5, 0.6) is 0 Å². The Balaban J connectivity index is 3.26. The topological polar surface area (TPSA) is 29.0 Å². The van der Waals surface area contributed by atoms with Crippen LogP contribution in [0.1, 0.15) is 0 Å². The minimum Gasteiger partial charge on any atom is -0.300 e. The van der Waals surface area contributed by atoms with Crippen molar-refractivity contribution in [3.8, 4) is 0 Å². The molecule has 0 spiro atoms. The Labute approximate surface area is 59.8 Å². The van der Waals surface area contributed by atoms with E-state index in [0.29, 0.717) is 0 Å². The molecule has 0 amide bonds. The second kappa shape index (κ2) is 6.97. The van der Waals surface area contributed by atoms with Crippen LogP contribution in [-0.2, 0) is 0 Å². The first-order chi connectivity index (χ1) is 3.91. The lowest BCUT2D eigenvalue weighted by Gasteiger charge is -1.70. The summed E-state index contributed by atoms with van der Waals surface area (Å²) in [5.41, 5.74) is 0. The molecular formula is C5H10IN2+. The Morgan fingerprint density at radius 1 is 1.75 bits per heavy atom. The maximum absolute atomic E-state index is 3.93. The third-order valence-electron chi connectivity index (χ3n) is 0.430. The predicted octanol–water partition coefficient (Wildman–Crippen LogP) is 0.0818. The number of hydrogen-bond donors (Lipinski definition) is 1. The average molecular weight is 225 g/mol. The molecule has 46 valence electrons. The van der Waals surface area contributed by atoms with Crippen molar-refractivity contribution in [2.24, 2.45) is 4.99 Å². The van der Waals surface area contributed by atoms with Crippen LogP contribution >= 0.6 is 21.0 Å². The predicted molar refractivity (Wildman–Crippen MR) is 46.6 cm³/mol. The minimum atomic E-state index is 0.120. The highest BCUT2D eigenvalue weighted by Gasteiger charge is 1.63. The number of aliphatic imine (C=N–C) groups is 1. The van der Waals surface area contributed by atoms with Crippen LogP contribution in [0.15, 0.2) is 17.6 Å². The molecule has 0 aliphatic rings. The number of quaternary nitrogens is 1. The summed E-state index contributed by atoms with van der Waals surface area (Å²) in [7, 11) is 2.05. The van der Waals surface area contributed by atoms with E-state index in [1.807, 2.05) is 11.2 Å². The van der Waals surface area contributed by atoms with Gasteiger partial charge in [0.15, 0.2) is 21.0 Å². The Morgan fingerprint density at radius 3 is 3.00 bits per heavy atom. The highest BCUT2D eigenvalue weighted by atomic mass is 127. The van der Waals surface area contributed by atoms with Crippen LogP contribution in [0, 0.1) is 0 Å². The Kier molecular flexibility index (Phi) is 6.94. The minimum absolute atomic E-state index is 0.120. The van der Waals surface area contributed by atoms with Crippen molar-refractivity contribution < 1.29 is 3.53 Å². The zero-order chi connectivity index (χ0) is 6.24. The molecule has 0 aromatic heterocycles. The molecule has 0 atom stereocenters. The van der Waals surface area contributed by atoms with Crippen molar-refractivity contribution >= 4 is 31.4 Å². The van der Waals surface area contributed by atoms with Crippen LogP contribution in [0.2, 0.25) is 0 Å². The van der Waals surface area contributed by atoms with Gasteiger partial charge in [-0.1, -0.05) is 12.7 Å². The second-order valence-corrected chi connectivity index (χ2v) is 3.50. The van der Waals surface area contributed by atoms with Crippen molar-refractivity contribution in [2.75, 3.05) is 7.05 Å². The van der Waals surface area contributed by atoms with Crippen LogP contribution < -0.4 is 3.53 Å². The first kappa shape index (κ1) is 7.97. The average Bonchev–Trinajstić information content (AvgIpc) is 1.81. The fraction of sp³-hybridized carbons (Fsp3) is 0.200. The molecule has 0 fully saturated rings. The summed E-state index contributed by atoms with van der Waals surface area (Å²) in [6.45, 7) is 3.49. The van der Waals surface area contributed by atoms with Crippen LogP contribution in [0.3, 0.4) is 0 Å². The van der Waals surface area contributed by atoms with Gasteiger partial charge in [-0.2, -0.15) is 0 Å². The third kappa shape index (κ3) is 5.97. The van der Waals surface area contributed by atoms with Crippen LogP contribution in [0.25, 0.3) is 0 Å². The zero-order valence-corrected chi connectivity index (χ0v) is 7.00. The van der Waals surface area contributed by atoms with Gasteiger partial charge in [0.1, 0.15) is 4.14 Å². The van der Waals surface area contributed by atoms with E-state index in [1.54, 1.807) is 12.3 Å². The van der Waals surface area contributed by atoms with Gasteiger partial charge in [0.2, 0.25) is 0 Å². The van der Waals surface area contributed by atoms with Gasteiger partial charge in [-0.3, -0.25) is 8.52 Å². The Bertz CT molecular complexity index is 107. The van der Waals surface area contributed by atoms with E-state index in [9.17, 15) is 0 Å². The molecule has 0 aliphatic carbocycles. The first-order valence-corrected chi connectivity index (χ1v) is 4.76. The molecule has 0 aromatic carbocycles. The molecule has 0 radical (unpaired) electrons. The molecule has 2 nitrogen and oxygen atoms in total. The van der Waals surface area contributed by atoms with E-state index in [-0.39, 0.29) is 21.0 Å². The second-order valence-electron chi connectivity index (χ2n) is 0.976. The summed E-state index contributed by atoms with van der Waals surface area (Å²) < 4.78 is 4.10. The summed E-state index contributed by atoms with van der Waals surface area (Å²) in [4.78, 5) is 3.93. The first-order valence-electron chi connectivity index (χ1n) is 2.27. The normalized spacial score (nSPS) is 12.1. The van der Waals surface area contributed by atoms with Crippen LogP contribution in [-0.4, -0.2) is 17.4 Å². The fourth-order valence-electron chi connectivity index (χ4n) is 0.182. The van der Waals surface area contributed by atoms with E-state index in [1.165, 1.54) is 0 Å². The molecule has 2 N–H and O–H groups in total. The lowest BCUT2D eigenvalue weighted by Crippen LogP contribution is -2.66. The van der Waals surface area contributed by atoms with Crippen molar-refractivity contribution in [2.45, 2.75) is 0 Å². The van der Waals surface area contributed by atoms with Gasteiger partial charge in [0.05, 0.1) is 7.05 Å². The fourth-order valence-corrected chi connectivity index (χ4v) is 0.875. The Hall–Kier alpha value is -0.0300. The maximum Gasteiger partial charge on any atom is 0.164 e. The van der Waals surface area contributed by atoms with E-state index in [0.717, 1.165) is 0 Å². The van der Waals surface area contributed by atoms with Gasteiger partial charge < -0.3 is 0 Å². The monoisotopic (exact) mass is 225 g/mol. The maximum atomic E-state index is 3.93. The summed E-state index contributed by atoms with van der Waals surface area (Å²) >= 11 is 0.120. The molecule has 8 heavy (non-hydrogen) atoms. The summed E-state index contributed by atoms with van der Waals surface area (Å²) in [6, 6.07) is 0. The summed E-state index contributed by atoms with van der Waals surface area (Å²) in [5, 5.41) is 0. The molecule has 3 heteroatoms.